The van der Waals surface area contributed by atoms with Crippen LogP contribution in [0.2, 0.25) is 0 Å². The van der Waals surface area contributed by atoms with Gasteiger partial charge in [-0.2, -0.15) is 53.1 Å². The first-order valence-corrected chi connectivity index (χ1v) is 7.09. The Morgan fingerprint density at radius 3 is 0.720 bits per heavy atom. The van der Waals surface area contributed by atoms with E-state index in [1.54, 1.807) is 91.7 Å². The minimum absolute atomic E-state index is 0. The Labute approximate surface area is 160 Å². The molecule has 4 heteroatoms. The monoisotopic (exact) mass is 418 g/mol. The smallest absolute Gasteiger partial charge is 0.376 e. The summed E-state index contributed by atoms with van der Waals surface area (Å²) in [5.41, 5.74) is 1.81. The van der Waals surface area contributed by atoms with Crippen LogP contribution in [-0.4, -0.2) is 18.9 Å². The Morgan fingerprint density at radius 1 is 0.400 bits per heavy atom. The summed E-state index contributed by atoms with van der Waals surface area (Å²) in [6.45, 7) is 0. The molecule has 3 aromatic rings. The molecule has 0 fully saturated rings. The fraction of sp³-hybridized carbons (Fsp3) is 0. The van der Waals surface area contributed by atoms with E-state index >= 15 is 0 Å². The van der Waals surface area contributed by atoms with Crippen molar-refractivity contribution < 1.29 is 33.9 Å². The molecule has 0 spiro atoms. The Bertz CT molecular complexity index is 610. The molecule has 25 heavy (non-hydrogen) atoms. The van der Waals surface area contributed by atoms with Crippen molar-refractivity contribution in [3.05, 3.63) is 108 Å². The van der Waals surface area contributed by atoms with E-state index in [-0.39, 0.29) is 19.5 Å². The van der Waals surface area contributed by atoms with Crippen molar-refractivity contribution in [2.75, 3.05) is 0 Å². The van der Waals surface area contributed by atoms with E-state index in [1.165, 1.54) is 0 Å². The van der Waals surface area contributed by atoms with Crippen molar-refractivity contribution >= 4 is 18.9 Å². The minimum atomic E-state index is 0. The summed E-state index contributed by atoms with van der Waals surface area (Å²) < 4.78 is 0. The van der Waals surface area contributed by atoms with E-state index in [2.05, 4.69) is 0 Å². The van der Waals surface area contributed by atoms with Gasteiger partial charge in [-0.25, -0.2) is 0 Å². The molecule has 126 valence electrons. The molecule has 0 aliphatic carbocycles. The van der Waals surface area contributed by atoms with Crippen LogP contribution in [0.3, 0.4) is 0 Å². The molecule has 0 heterocycles. The maximum Gasteiger partial charge on any atom is 3.00 e. The molecular formula is C21H15O3Rh. The Morgan fingerprint density at radius 2 is 0.600 bits per heavy atom. The van der Waals surface area contributed by atoms with Crippen molar-refractivity contribution in [2.45, 2.75) is 0 Å². The normalized spacial score (nSPS) is 8.16. The van der Waals surface area contributed by atoms with E-state index in [1.807, 2.05) is 18.2 Å². The Balaban J connectivity index is 0.000000339. The molecule has 0 aliphatic heterocycles. The summed E-state index contributed by atoms with van der Waals surface area (Å²) in [7, 11) is 0. The van der Waals surface area contributed by atoms with Crippen LogP contribution in [0, 0.1) is 0 Å². The summed E-state index contributed by atoms with van der Waals surface area (Å²) in [6.07, 6.45) is 5.33. The van der Waals surface area contributed by atoms with Crippen molar-refractivity contribution in [1.82, 2.24) is 0 Å². The second kappa shape index (κ2) is 14.9. The van der Waals surface area contributed by atoms with Crippen LogP contribution in [-0.2, 0) is 33.9 Å². The van der Waals surface area contributed by atoms with E-state index in [0.29, 0.717) is 16.7 Å². The minimum Gasteiger partial charge on any atom is -0.376 e. The summed E-state index contributed by atoms with van der Waals surface area (Å²) in [4.78, 5) is 29.6. The van der Waals surface area contributed by atoms with Gasteiger partial charge in [0.15, 0.2) is 0 Å². The molecule has 0 radical (unpaired) electrons. The molecule has 0 aliphatic rings. The first-order valence-electron chi connectivity index (χ1n) is 7.09. The maximum atomic E-state index is 9.88. The van der Waals surface area contributed by atoms with Gasteiger partial charge in [0.25, 0.3) is 0 Å². The molecule has 0 amide bonds. The average molecular weight is 418 g/mol. The number of hydrogen-bond donors (Lipinski definition) is 0. The fourth-order valence-corrected chi connectivity index (χ4v) is 1.52. The van der Waals surface area contributed by atoms with E-state index < -0.39 is 0 Å². The van der Waals surface area contributed by atoms with Crippen LogP contribution in [0.25, 0.3) is 0 Å². The molecule has 3 nitrogen and oxygen atoms in total. The second-order valence-corrected chi connectivity index (χ2v) is 4.40. The number of rotatable bonds is 3. The SMILES string of the molecule is O=[C-]c1ccccc1.O=[C-]c1ccccc1.O=[C-]c1ccccc1.[Rh+3]. The number of benzene rings is 3. The molecule has 0 unspecified atom stereocenters. The largest absolute Gasteiger partial charge is 3.00 e. The van der Waals surface area contributed by atoms with E-state index in [0.717, 1.165) is 0 Å². The van der Waals surface area contributed by atoms with Gasteiger partial charge in [-0.3, -0.25) is 0 Å². The molecule has 0 bridgehead atoms. The summed E-state index contributed by atoms with van der Waals surface area (Å²) >= 11 is 0. The van der Waals surface area contributed by atoms with Gasteiger partial charge >= 0.3 is 19.5 Å². The van der Waals surface area contributed by atoms with E-state index in [9.17, 15) is 14.4 Å². The molecule has 3 aromatic carbocycles. The Kier molecular flexibility index (Phi) is 13.2. The standard InChI is InChI=1S/3C7H5O.Rh/c3*8-6-7-4-2-1-3-5-7;/h3*1-5H;/q3*-1;+3. The predicted molar refractivity (Wildman–Crippen MR) is 93.7 cm³/mol. The van der Waals surface area contributed by atoms with Gasteiger partial charge in [0.2, 0.25) is 0 Å². The zero-order valence-corrected chi connectivity index (χ0v) is 14.9. The molecule has 0 atom stereocenters. The second-order valence-electron chi connectivity index (χ2n) is 4.40. The van der Waals surface area contributed by atoms with Gasteiger partial charge in [-0.15, -0.1) is 36.4 Å². The van der Waals surface area contributed by atoms with Crippen LogP contribution in [0.1, 0.15) is 16.7 Å². The molecule has 0 N–H and O–H groups in total. The van der Waals surface area contributed by atoms with Gasteiger partial charge in [0, 0.05) is 0 Å². The summed E-state index contributed by atoms with van der Waals surface area (Å²) in [5.74, 6) is 0. The molecule has 0 aromatic heterocycles. The third-order valence-electron chi connectivity index (χ3n) is 2.67. The first kappa shape index (κ1) is 22.3. The van der Waals surface area contributed by atoms with Crippen LogP contribution in [0.15, 0.2) is 91.0 Å². The van der Waals surface area contributed by atoms with Gasteiger partial charge < -0.3 is 14.4 Å². The third-order valence-corrected chi connectivity index (χ3v) is 2.67. The zero-order valence-electron chi connectivity index (χ0n) is 13.2. The fourth-order valence-electron chi connectivity index (χ4n) is 1.52. The molecule has 0 saturated heterocycles. The quantitative estimate of drug-likeness (QED) is 0.484. The van der Waals surface area contributed by atoms with Crippen molar-refractivity contribution in [3.63, 3.8) is 0 Å². The van der Waals surface area contributed by atoms with Gasteiger partial charge in [-0.05, 0) is 0 Å². The third kappa shape index (κ3) is 10.6. The van der Waals surface area contributed by atoms with E-state index in [4.69, 9.17) is 0 Å². The average Bonchev–Trinajstić information content (AvgIpc) is 2.71. The first-order chi connectivity index (χ1) is 11.8. The van der Waals surface area contributed by atoms with Crippen LogP contribution in [0.5, 0.6) is 0 Å². The van der Waals surface area contributed by atoms with Crippen molar-refractivity contribution in [1.29, 1.82) is 0 Å². The summed E-state index contributed by atoms with van der Waals surface area (Å²) in [5, 5.41) is 0. The maximum absolute atomic E-state index is 9.88. The number of carbonyl (C=O) groups excluding carboxylic acids is 3. The molecule has 3 rings (SSSR count). The topological polar surface area (TPSA) is 51.2 Å². The number of hydrogen-bond acceptors (Lipinski definition) is 3. The van der Waals surface area contributed by atoms with Gasteiger partial charge in [0.05, 0.1) is 18.9 Å². The van der Waals surface area contributed by atoms with Crippen molar-refractivity contribution in [3.8, 4) is 0 Å². The van der Waals surface area contributed by atoms with Gasteiger partial charge in [-0.1, -0.05) is 18.2 Å². The van der Waals surface area contributed by atoms with Crippen LogP contribution in [0.4, 0.5) is 0 Å². The Hall–Kier alpha value is -2.71. The van der Waals surface area contributed by atoms with Crippen molar-refractivity contribution in [2.24, 2.45) is 0 Å². The van der Waals surface area contributed by atoms with Crippen LogP contribution >= 0.6 is 0 Å². The zero-order chi connectivity index (χ0) is 17.5. The van der Waals surface area contributed by atoms with Gasteiger partial charge in [0.1, 0.15) is 0 Å². The van der Waals surface area contributed by atoms with Crippen LogP contribution < -0.4 is 0 Å². The molecule has 0 saturated carbocycles. The predicted octanol–water partition coefficient (Wildman–Crippen LogP) is 3.43. The summed E-state index contributed by atoms with van der Waals surface area (Å²) in [6, 6.07) is 26.7. The molecular weight excluding hydrogens is 403 g/mol.